The van der Waals surface area contributed by atoms with Crippen molar-refractivity contribution in [2.45, 2.75) is 57.1 Å². The highest BCUT2D eigenvalue weighted by atomic mass is 32.2. The van der Waals surface area contributed by atoms with Crippen LogP contribution in [0.1, 0.15) is 76.9 Å². The molecule has 0 fully saturated rings. The van der Waals surface area contributed by atoms with Gasteiger partial charge in [0.15, 0.2) is 0 Å². The topological polar surface area (TPSA) is 120 Å². The molecule has 2 unspecified atom stereocenters. The summed E-state index contributed by atoms with van der Waals surface area (Å²) < 4.78 is 5.56. The lowest BCUT2D eigenvalue weighted by Gasteiger charge is -2.33. The Kier molecular flexibility index (Phi) is 12.6. The number of carbonyl (C=O) groups excluding carboxylic acids is 3. The molecule has 1 aliphatic rings. The number of nitriles is 1. The zero-order valence-electron chi connectivity index (χ0n) is 31.3. The summed E-state index contributed by atoms with van der Waals surface area (Å²) in [6, 6.07) is 35.1. The quantitative estimate of drug-likeness (QED) is 0.0859. The highest BCUT2D eigenvalue weighted by Crippen LogP contribution is 2.45. The van der Waals surface area contributed by atoms with Gasteiger partial charge >= 0.3 is 0 Å². The molecule has 4 aromatic carbocycles. The Morgan fingerprint density at radius 2 is 1.65 bits per heavy atom. The van der Waals surface area contributed by atoms with Gasteiger partial charge in [-0.1, -0.05) is 87.5 Å². The summed E-state index contributed by atoms with van der Waals surface area (Å²) in [5, 5.41) is 19.0. The van der Waals surface area contributed by atoms with Gasteiger partial charge in [-0.25, -0.2) is 0 Å². The number of hydrogen-bond donors (Lipinski definition) is 3. The van der Waals surface area contributed by atoms with E-state index < -0.39 is 17.1 Å². The summed E-state index contributed by atoms with van der Waals surface area (Å²) >= 11 is 2.87. The first-order valence-corrected chi connectivity index (χ1v) is 20.0. The van der Waals surface area contributed by atoms with E-state index in [-0.39, 0.29) is 17.0 Å². The Bertz CT molecular complexity index is 2220. The van der Waals surface area contributed by atoms with Crippen LogP contribution in [0.3, 0.4) is 0 Å². The SMILES string of the molecule is CCOc1ccc(/C=C(/NC(=O)c2ccccc2)C(=O)Nc2cccc(SC(C(=O)Nc3sc4c(c3C#N)CCC(C(C)(C)C)C4)c3ccccc3)c2)cc1. The van der Waals surface area contributed by atoms with Crippen LogP contribution in [0, 0.1) is 22.7 Å². The Morgan fingerprint density at radius 3 is 2.33 bits per heavy atom. The normalized spacial score (nSPS) is 14.5. The minimum atomic E-state index is -0.652. The molecule has 1 aliphatic carbocycles. The van der Waals surface area contributed by atoms with E-state index in [2.05, 4.69) is 42.8 Å². The lowest BCUT2D eigenvalue weighted by atomic mass is 9.72. The maximum atomic E-state index is 14.2. The lowest BCUT2D eigenvalue weighted by molar-refractivity contribution is -0.116. The summed E-state index contributed by atoms with van der Waals surface area (Å²) in [5.41, 5.74) is 4.24. The Morgan fingerprint density at radius 1 is 0.945 bits per heavy atom. The fraction of sp³-hybridized carbons (Fsp3) is 0.244. The molecule has 0 spiro atoms. The number of rotatable bonds is 12. The molecule has 0 saturated carbocycles. The predicted molar refractivity (Wildman–Crippen MR) is 222 cm³/mol. The molecule has 0 bridgehead atoms. The third-order valence-electron chi connectivity index (χ3n) is 9.56. The van der Waals surface area contributed by atoms with E-state index in [0.717, 1.165) is 35.3 Å². The highest BCUT2D eigenvalue weighted by Gasteiger charge is 2.33. The van der Waals surface area contributed by atoms with Crippen LogP contribution in [0.25, 0.3) is 6.08 Å². The Hall–Kier alpha value is -5.63. The number of anilines is 2. The average molecular weight is 769 g/mol. The van der Waals surface area contributed by atoms with Gasteiger partial charge in [-0.05, 0) is 103 Å². The number of thiophene rings is 1. The van der Waals surface area contributed by atoms with Gasteiger partial charge in [-0.3, -0.25) is 14.4 Å². The van der Waals surface area contributed by atoms with Crippen molar-refractivity contribution in [3.05, 3.63) is 148 Å². The van der Waals surface area contributed by atoms with Gasteiger partial charge < -0.3 is 20.7 Å². The van der Waals surface area contributed by atoms with E-state index in [4.69, 9.17) is 4.74 Å². The highest BCUT2D eigenvalue weighted by molar-refractivity contribution is 8.00. The number of carbonyl (C=O) groups is 3. The molecule has 5 aromatic rings. The van der Waals surface area contributed by atoms with Gasteiger partial charge in [0.05, 0.1) is 12.2 Å². The monoisotopic (exact) mass is 768 g/mol. The lowest BCUT2D eigenvalue weighted by Crippen LogP contribution is -2.30. The van der Waals surface area contributed by atoms with E-state index in [0.29, 0.717) is 45.7 Å². The first-order valence-electron chi connectivity index (χ1n) is 18.3. The fourth-order valence-corrected chi connectivity index (χ4v) is 8.89. The molecule has 8 nitrogen and oxygen atoms in total. The van der Waals surface area contributed by atoms with Crippen LogP contribution < -0.4 is 20.7 Å². The van der Waals surface area contributed by atoms with Crippen LogP contribution in [0.2, 0.25) is 0 Å². The molecule has 3 amide bonds. The van der Waals surface area contributed by atoms with Crippen molar-refractivity contribution in [1.82, 2.24) is 5.32 Å². The number of ether oxygens (including phenoxy) is 1. The first kappa shape index (κ1) is 39.1. The molecule has 3 N–H and O–H groups in total. The van der Waals surface area contributed by atoms with Crippen molar-refractivity contribution in [2.24, 2.45) is 11.3 Å². The molecular formula is C45H44N4O4S2. The van der Waals surface area contributed by atoms with Crippen molar-refractivity contribution in [1.29, 1.82) is 5.26 Å². The molecule has 0 radical (unpaired) electrons. The van der Waals surface area contributed by atoms with Gasteiger partial charge in [-0.15, -0.1) is 23.1 Å². The fourth-order valence-electron chi connectivity index (χ4n) is 6.53. The number of thioether (sulfide) groups is 1. The van der Waals surface area contributed by atoms with Crippen molar-refractivity contribution in [2.75, 3.05) is 17.2 Å². The molecule has 0 aliphatic heterocycles. The van der Waals surface area contributed by atoms with Crippen LogP contribution in [0.15, 0.2) is 120 Å². The zero-order valence-corrected chi connectivity index (χ0v) is 33.0. The smallest absolute Gasteiger partial charge is 0.272 e. The zero-order chi connectivity index (χ0) is 39.0. The van der Waals surface area contributed by atoms with E-state index in [9.17, 15) is 19.6 Å². The second-order valence-electron chi connectivity index (χ2n) is 14.4. The Labute approximate surface area is 331 Å². The van der Waals surface area contributed by atoms with Crippen LogP contribution in [0.4, 0.5) is 10.7 Å². The minimum absolute atomic E-state index is 0.0540. The predicted octanol–water partition coefficient (Wildman–Crippen LogP) is 10.1. The summed E-state index contributed by atoms with van der Waals surface area (Å²) in [6.07, 6.45) is 4.36. The minimum Gasteiger partial charge on any atom is -0.494 e. The van der Waals surface area contributed by atoms with E-state index >= 15 is 0 Å². The molecule has 55 heavy (non-hydrogen) atoms. The van der Waals surface area contributed by atoms with Crippen LogP contribution >= 0.6 is 23.1 Å². The van der Waals surface area contributed by atoms with Gasteiger partial charge in [-0.2, -0.15) is 5.26 Å². The molecular weight excluding hydrogens is 725 g/mol. The number of fused-ring (bicyclic) bond motifs is 1. The molecule has 1 heterocycles. The van der Waals surface area contributed by atoms with Crippen molar-refractivity contribution >= 4 is 57.6 Å². The van der Waals surface area contributed by atoms with E-state index in [1.165, 1.54) is 28.0 Å². The standard InChI is InChI=1S/C45H44N4O4S2/c1-5-53-34-22-19-29(20-23-34)25-38(48-41(50)31-15-10-7-11-16-31)42(51)47-33-17-12-18-35(27-33)54-40(30-13-8-6-9-14-30)43(52)49-44-37(28-46)36-24-21-32(45(2,3)4)26-39(36)55-44/h6-20,22-23,25,27,32,40H,5,21,24,26H2,1-4H3,(H,47,51)(H,48,50)(H,49,52)/b38-25+. The first-order chi connectivity index (χ1) is 26.5. The third kappa shape index (κ3) is 9.92. The molecule has 0 saturated heterocycles. The van der Waals surface area contributed by atoms with Gasteiger partial charge in [0, 0.05) is 21.0 Å². The third-order valence-corrected chi connectivity index (χ3v) is 12.0. The maximum Gasteiger partial charge on any atom is 0.272 e. The Balaban J connectivity index is 1.23. The van der Waals surface area contributed by atoms with Gasteiger partial charge in [0.25, 0.3) is 11.8 Å². The maximum absolute atomic E-state index is 14.2. The molecule has 10 heteroatoms. The number of nitrogens with zero attached hydrogens (tertiary/aromatic N) is 1. The summed E-state index contributed by atoms with van der Waals surface area (Å²) in [6.45, 7) is 9.21. The number of nitrogens with one attached hydrogen (secondary N) is 3. The summed E-state index contributed by atoms with van der Waals surface area (Å²) in [7, 11) is 0. The van der Waals surface area contributed by atoms with E-state index in [1.807, 2.05) is 67.6 Å². The molecule has 1 aromatic heterocycles. The van der Waals surface area contributed by atoms with Crippen molar-refractivity contribution in [3.63, 3.8) is 0 Å². The van der Waals surface area contributed by atoms with Gasteiger partial charge in [0.1, 0.15) is 27.8 Å². The second kappa shape index (κ2) is 17.7. The second-order valence-corrected chi connectivity index (χ2v) is 16.7. The van der Waals surface area contributed by atoms with Crippen molar-refractivity contribution < 1.29 is 19.1 Å². The number of amides is 3. The van der Waals surface area contributed by atoms with Crippen LogP contribution in [0.5, 0.6) is 5.75 Å². The molecule has 2 atom stereocenters. The van der Waals surface area contributed by atoms with Crippen LogP contribution in [-0.4, -0.2) is 24.3 Å². The molecule has 280 valence electrons. The number of benzene rings is 4. The number of hydrogen-bond acceptors (Lipinski definition) is 7. The largest absolute Gasteiger partial charge is 0.494 e. The van der Waals surface area contributed by atoms with Crippen LogP contribution in [-0.2, 0) is 22.4 Å². The molecule has 6 rings (SSSR count). The summed E-state index contributed by atoms with van der Waals surface area (Å²) in [5.74, 6) is 0.0292. The van der Waals surface area contributed by atoms with E-state index in [1.54, 1.807) is 54.6 Å². The average Bonchev–Trinajstić information content (AvgIpc) is 3.54. The van der Waals surface area contributed by atoms with Gasteiger partial charge in [0.2, 0.25) is 5.91 Å². The summed E-state index contributed by atoms with van der Waals surface area (Å²) in [4.78, 5) is 43.1. The van der Waals surface area contributed by atoms with Crippen molar-refractivity contribution in [3.8, 4) is 11.8 Å².